The number of hydrogen-bond acceptors (Lipinski definition) is 3. The van der Waals surface area contributed by atoms with Crippen LogP contribution >= 0.6 is 0 Å². The molecule has 2 N–H and O–H groups in total. The summed E-state index contributed by atoms with van der Waals surface area (Å²) < 4.78 is 5.32. The zero-order chi connectivity index (χ0) is 17.1. The molecule has 1 saturated carbocycles. The number of hydrogen-bond donors (Lipinski definition) is 2. The van der Waals surface area contributed by atoms with Crippen LogP contribution in [0.1, 0.15) is 50.0 Å². The summed E-state index contributed by atoms with van der Waals surface area (Å²) in [5.41, 5.74) is 1.24. The largest absolute Gasteiger partial charge is 0.448 e. The van der Waals surface area contributed by atoms with Gasteiger partial charge in [0.1, 0.15) is 5.69 Å². The van der Waals surface area contributed by atoms with Crippen molar-refractivity contribution in [3.05, 3.63) is 36.0 Å². The summed E-state index contributed by atoms with van der Waals surface area (Å²) in [6.45, 7) is 3.77. The molecule has 128 valence electrons. The highest BCUT2D eigenvalue weighted by Crippen LogP contribution is 2.24. The number of carbonyl (C=O) groups excluding carboxylic acids is 2. The van der Waals surface area contributed by atoms with E-state index < -0.39 is 12.1 Å². The monoisotopic (exact) mass is 328 g/mol. The molecule has 5 nitrogen and oxygen atoms in total. The molecule has 0 bridgehead atoms. The number of ether oxygens (including phenoxy) is 1. The maximum Gasteiger partial charge on any atom is 0.355 e. The minimum atomic E-state index is -0.807. The quantitative estimate of drug-likeness (QED) is 0.845. The molecular formula is C19H24N2O3. The van der Waals surface area contributed by atoms with E-state index in [0.717, 1.165) is 30.2 Å². The number of benzene rings is 1. The van der Waals surface area contributed by atoms with E-state index >= 15 is 0 Å². The smallest absolute Gasteiger partial charge is 0.355 e. The lowest BCUT2D eigenvalue weighted by Crippen LogP contribution is -2.46. The van der Waals surface area contributed by atoms with Gasteiger partial charge in [-0.15, -0.1) is 0 Å². The van der Waals surface area contributed by atoms with Gasteiger partial charge in [-0.25, -0.2) is 4.79 Å². The number of fused-ring (bicyclic) bond motifs is 1. The first kappa shape index (κ1) is 16.6. The van der Waals surface area contributed by atoms with Crippen molar-refractivity contribution >= 4 is 22.8 Å². The van der Waals surface area contributed by atoms with Crippen LogP contribution in [0.2, 0.25) is 0 Å². The van der Waals surface area contributed by atoms with Crippen molar-refractivity contribution in [3.63, 3.8) is 0 Å². The summed E-state index contributed by atoms with van der Waals surface area (Å²) in [6, 6.07) is 9.55. The number of carbonyl (C=O) groups is 2. The van der Waals surface area contributed by atoms with E-state index in [0.29, 0.717) is 11.6 Å². The van der Waals surface area contributed by atoms with Crippen molar-refractivity contribution in [2.45, 2.75) is 51.7 Å². The van der Waals surface area contributed by atoms with Gasteiger partial charge in [0.05, 0.1) is 0 Å². The van der Waals surface area contributed by atoms with Gasteiger partial charge in [-0.3, -0.25) is 4.79 Å². The lowest BCUT2D eigenvalue weighted by Gasteiger charge is -2.30. The normalized spacial score (nSPS) is 22.1. The first-order valence-electron chi connectivity index (χ1n) is 8.63. The van der Waals surface area contributed by atoms with Crippen LogP contribution in [-0.2, 0) is 9.53 Å². The van der Waals surface area contributed by atoms with E-state index in [4.69, 9.17) is 4.74 Å². The molecule has 5 heteroatoms. The van der Waals surface area contributed by atoms with Crippen molar-refractivity contribution in [1.29, 1.82) is 0 Å². The third-order valence-corrected chi connectivity index (χ3v) is 4.84. The molecule has 1 amide bonds. The van der Waals surface area contributed by atoms with Gasteiger partial charge in [0.15, 0.2) is 6.10 Å². The molecule has 1 aromatic carbocycles. The maximum absolute atomic E-state index is 12.3. The van der Waals surface area contributed by atoms with E-state index in [-0.39, 0.29) is 11.9 Å². The molecule has 1 aromatic heterocycles. The minimum absolute atomic E-state index is 0.181. The molecule has 3 rings (SSSR count). The maximum atomic E-state index is 12.3. The minimum Gasteiger partial charge on any atom is -0.448 e. The van der Waals surface area contributed by atoms with Gasteiger partial charge in [0, 0.05) is 16.9 Å². The summed E-state index contributed by atoms with van der Waals surface area (Å²) in [5, 5.41) is 3.97. The first-order chi connectivity index (χ1) is 11.5. The lowest BCUT2D eigenvalue weighted by molar-refractivity contribution is -0.130. The molecule has 0 saturated heterocycles. The SMILES string of the molecule is C[C@@H](OC(=O)c1cc2ccccc2[nH]1)C(=O)N[C@@H]1CCCC[C@@H]1C. The fourth-order valence-corrected chi connectivity index (χ4v) is 3.29. The van der Waals surface area contributed by atoms with Crippen molar-refractivity contribution in [1.82, 2.24) is 10.3 Å². The summed E-state index contributed by atoms with van der Waals surface area (Å²) in [7, 11) is 0. The molecule has 1 aliphatic rings. The number of esters is 1. The Morgan fingerprint density at radius 3 is 2.75 bits per heavy atom. The second-order valence-corrected chi connectivity index (χ2v) is 6.69. The second kappa shape index (κ2) is 7.07. The average molecular weight is 328 g/mol. The zero-order valence-electron chi connectivity index (χ0n) is 14.2. The highest BCUT2D eigenvalue weighted by Gasteiger charge is 2.26. The fourth-order valence-electron chi connectivity index (χ4n) is 3.29. The topological polar surface area (TPSA) is 71.2 Å². The average Bonchev–Trinajstić information content (AvgIpc) is 3.01. The molecule has 24 heavy (non-hydrogen) atoms. The van der Waals surface area contributed by atoms with Crippen LogP contribution in [0.5, 0.6) is 0 Å². The van der Waals surface area contributed by atoms with Crippen LogP contribution < -0.4 is 5.32 Å². The molecular weight excluding hydrogens is 304 g/mol. The fraction of sp³-hybridized carbons (Fsp3) is 0.474. The highest BCUT2D eigenvalue weighted by atomic mass is 16.5. The van der Waals surface area contributed by atoms with Gasteiger partial charge in [0.25, 0.3) is 5.91 Å². The first-order valence-corrected chi connectivity index (χ1v) is 8.63. The predicted molar refractivity (Wildman–Crippen MR) is 92.7 cm³/mol. The molecule has 0 unspecified atom stereocenters. The zero-order valence-corrected chi connectivity index (χ0v) is 14.2. The molecule has 1 aliphatic carbocycles. The van der Waals surface area contributed by atoms with E-state index in [9.17, 15) is 9.59 Å². The van der Waals surface area contributed by atoms with E-state index in [1.807, 2.05) is 24.3 Å². The van der Waals surface area contributed by atoms with Crippen LogP contribution in [0.3, 0.4) is 0 Å². The van der Waals surface area contributed by atoms with Crippen LogP contribution in [-0.4, -0.2) is 29.0 Å². The highest BCUT2D eigenvalue weighted by molar-refractivity contribution is 5.96. The summed E-state index contributed by atoms with van der Waals surface area (Å²) in [4.78, 5) is 27.6. The van der Waals surface area contributed by atoms with E-state index in [1.165, 1.54) is 6.42 Å². The van der Waals surface area contributed by atoms with Gasteiger partial charge in [0.2, 0.25) is 0 Å². The molecule has 3 atom stereocenters. The van der Waals surface area contributed by atoms with Gasteiger partial charge in [-0.2, -0.15) is 0 Å². The molecule has 0 aliphatic heterocycles. The van der Waals surface area contributed by atoms with Gasteiger partial charge >= 0.3 is 5.97 Å². The second-order valence-electron chi connectivity index (χ2n) is 6.69. The van der Waals surface area contributed by atoms with Crippen LogP contribution in [0.4, 0.5) is 0 Å². The number of amides is 1. The third kappa shape index (κ3) is 3.61. The number of rotatable bonds is 4. The van der Waals surface area contributed by atoms with E-state index in [1.54, 1.807) is 13.0 Å². The Balaban J connectivity index is 1.59. The molecule has 0 radical (unpaired) electrons. The number of aromatic nitrogens is 1. The number of aromatic amines is 1. The Kier molecular flexibility index (Phi) is 4.88. The Morgan fingerprint density at radius 1 is 1.25 bits per heavy atom. The number of para-hydroxylation sites is 1. The van der Waals surface area contributed by atoms with Gasteiger partial charge < -0.3 is 15.0 Å². The van der Waals surface area contributed by atoms with Crippen LogP contribution in [0.25, 0.3) is 10.9 Å². The molecule has 0 spiro atoms. The molecule has 2 aromatic rings. The third-order valence-electron chi connectivity index (χ3n) is 4.84. The molecule has 1 fully saturated rings. The number of H-pyrrole nitrogens is 1. The Hall–Kier alpha value is -2.30. The van der Waals surface area contributed by atoms with Gasteiger partial charge in [-0.1, -0.05) is 38.0 Å². The summed E-state index contributed by atoms with van der Waals surface area (Å²) in [5.74, 6) is -0.261. The van der Waals surface area contributed by atoms with Crippen LogP contribution in [0, 0.1) is 5.92 Å². The van der Waals surface area contributed by atoms with Crippen molar-refractivity contribution in [2.24, 2.45) is 5.92 Å². The van der Waals surface area contributed by atoms with Crippen LogP contribution in [0.15, 0.2) is 30.3 Å². The number of nitrogens with one attached hydrogen (secondary N) is 2. The lowest BCUT2D eigenvalue weighted by atomic mass is 9.86. The predicted octanol–water partition coefficient (Wildman–Crippen LogP) is 3.41. The van der Waals surface area contributed by atoms with Crippen molar-refractivity contribution in [3.8, 4) is 0 Å². The molecule has 1 heterocycles. The summed E-state index contributed by atoms with van der Waals surface area (Å²) >= 11 is 0. The standard InChI is InChI=1S/C19H24N2O3/c1-12-7-3-5-9-15(12)21-18(22)13(2)24-19(23)17-11-14-8-4-6-10-16(14)20-17/h4,6,8,10-13,15,20H,3,5,7,9H2,1-2H3,(H,21,22)/t12-,13+,15+/m0/s1. The van der Waals surface area contributed by atoms with Crippen molar-refractivity contribution < 1.29 is 14.3 Å². The van der Waals surface area contributed by atoms with Gasteiger partial charge in [-0.05, 0) is 37.8 Å². The van der Waals surface area contributed by atoms with Crippen molar-refractivity contribution in [2.75, 3.05) is 0 Å². The van der Waals surface area contributed by atoms with E-state index in [2.05, 4.69) is 17.2 Å². The Bertz CT molecular complexity index is 704. The Morgan fingerprint density at radius 2 is 2.00 bits per heavy atom. The summed E-state index contributed by atoms with van der Waals surface area (Å²) in [6.07, 6.45) is 3.68. The Labute approximate surface area is 141 Å².